The monoisotopic (exact) mass is 471 g/mol. The number of aliphatic imine (C=N–C) groups is 1. The standard InChI is InChI=1S/C21H19BrClN5O/c1-29-15-5-2-13(3-6-15)10-25-20-9-16-19(11-26-20)27-12-28-21(16,24)14-4-7-17(22)18(23)8-14/h2-9,11-12H,10,24H2,1H3,(H,25,26)(H,27,28). The molecule has 0 spiro atoms. The first-order valence-electron chi connectivity index (χ1n) is 8.91. The summed E-state index contributed by atoms with van der Waals surface area (Å²) in [6.07, 6.45) is 3.34. The molecule has 0 saturated carbocycles. The summed E-state index contributed by atoms with van der Waals surface area (Å²) >= 11 is 9.70. The number of anilines is 2. The number of nitrogens with zero attached hydrogens (tertiary/aromatic N) is 2. The van der Waals surface area contributed by atoms with Gasteiger partial charge in [0.15, 0.2) is 5.66 Å². The Bertz CT molecular complexity index is 1070. The fourth-order valence-electron chi connectivity index (χ4n) is 3.15. The third-order valence-electron chi connectivity index (χ3n) is 4.80. The van der Waals surface area contributed by atoms with E-state index >= 15 is 0 Å². The van der Waals surface area contributed by atoms with E-state index in [2.05, 4.69) is 36.5 Å². The molecule has 1 aromatic heterocycles. The van der Waals surface area contributed by atoms with Gasteiger partial charge in [-0.3, -0.25) is 5.73 Å². The molecule has 1 unspecified atom stereocenters. The van der Waals surface area contributed by atoms with Crippen LogP contribution in [-0.2, 0) is 12.2 Å². The van der Waals surface area contributed by atoms with E-state index in [0.29, 0.717) is 17.4 Å². The first-order chi connectivity index (χ1) is 14.0. The van der Waals surface area contributed by atoms with E-state index in [4.69, 9.17) is 22.1 Å². The van der Waals surface area contributed by atoms with Crippen LogP contribution in [0.5, 0.6) is 5.75 Å². The maximum absolute atomic E-state index is 6.74. The van der Waals surface area contributed by atoms with Crippen molar-refractivity contribution in [3.63, 3.8) is 0 Å². The molecule has 0 radical (unpaired) electrons. The number of aromatic nitrogens is 1. The lowest BCUT2D eigenvalue weighted by atomic mass is 9.91. The highest BCUT2D eigenvalue weighted by Crippen LogP contribution is 2.38. The quantitative estimate of drug-likeness (QED) is 0.500. The van der Waals surface area contributed by atoms with Gasteiger partial charge in [0, 0.05) is 22.1 Å². The topological polar surface area (TPSA) is 84.6 Å². The number of hydrogen-bond acceptors (Lipinski definition) is 6. The van der Waals surface area contributed by atoms with Crippen LogP contribution in [0.1, 0.15) is 16.7 Å². The van der Waals surface area contributed by atoms with Gasteiger partial charge >= 0.3 is 0 Å². The van der Waals surface area contributed by atoms with Crippen molar-refractivity contribution < 1.29 is 4.74 Å². The Morgan fingerprint density at radius 1 is 1.21 bits per heavy atom. The predicted octanol–water partition coefficient (Wildman–Crippen LogP) is 4.73. The summed E-state index contributed by atoms with van der Waals surface area (Å²) in [5.74, 6) is 1.53. The van der Waals surface area contributed by atoms with Crippen molar-refractivity contribution in [2.45, 2.75) is 12.2 Å². The van der Waals surface area contributed by atoms with Gasteiger partial charge in [-0.15, -0.1) is 0 Å². The van der Waals surface area contributed by atoms with E-state index in [9.17, 15) is 0 Å². The van der Waals surface area contributed by atoms with E-state index in [1.54, 1.807) is 19.6 Å². The minimum absolute atomic E-state index is 0.578. The molecule has 0 fully saturated rings. The number of pyridine rings is 1. The summed E-state index contributed by atoms with van der Waals surface area (Å²) in [6, 6.07) is 15.4. The second kappa shape index (κ2) is 8.02. The molecule has 1 aliphatic heterocycles. The van der Waals surface area contributed by atoms with Crippen molar-refractivity contribution in [1.29, 1.82) is 0 Å². The summed E-state index contributed by atoms with van der Waals surface area (Å²) in [5.41, 5.74) is 9.19. The number of methoxy groups -OCH3 is 1. The van der Waals surface area contributed by atoms with Crippen LogP contribution in [0.15, 0.2) is 64.2 Å². The average molecular weight is 473 g/mol. The van der Waals surface area contributed by atoms with Crippen molar-refractivity contribution in [1.82, 2.24) is 4.98 Å². The number of halogens is 2. The normalized spacial score (nSPS) is 17.4. The molecule has 0 saturated heterocycles. The van der Waals surface area contributed by atoms with Crippen molar-refractivity contribution in [3.05, 3.63) is 80.9 Å². The Morgan fingerprint density at radius 3 is 2.72 bits per heavy atom. The Balaban J connectivity index is 1.62. The number of hydrogen-bond donors (Lipinski definition) is 3. The molecule has 1 atom stereocenters. The Hall–Kier alpha value is -2.61. The zero-order valence-electron chi connectivity index (χ0n) is 15.6. The van der Waals surface area contributed by atoms with Crippen LogP contribution in [0.2, 0.25) is 5.02 Å². The lowest BCUT2D eigenvalue weighted by Gasteiger charge is -2.31. The highest BCUT2D eigenvalue weighted by Gasteiger charge is 2.34. The number of ether oxygens (including phenoxy) is 1. The third-order valence-corrected chi connectivity index (χ3v) is 6.03. The molecule has 8 heteroatoms. The summed E-state index contributed by atoms with van der Waals surface area (Å²) in [7, 11) is 1.65. The summed E-state index contributed by atoms with van der Waals surface area (Å²) < 4.78 is 6.00. The molecule has 29 heavy (non-hydrogen) atoms. The van der Waals surface area contributed by atoms with E-state index in [0.717, 1.165) is 32.6 Å². The van der Waals surface area contributed by atoms with Gasteiger partial charge in [-0.1, -0.05) is 29.8 Å². The number of nitrogens with two attached hydrogens (primary N) is 1. The van der Waals surface area contributed by atoms with Crippen LogP contribution >= 0.6 is 27.5 Å². The van der Waals surface area contributed by atoms with Crippen LogP contribution in [0, 0.1) is 0 Å². The zero-order valence-corrected chi connectivity index (χ0v) is 18.0. The van der Waals surface area contributed by atoms with E-state index in [1.807, 2.05) is 48.5 Å². The maximum Gasteiger partial charge on any atom is 0.163 e. The summed E-state index contributed by atoms with van der Waals surface area (Å²) in [6.45, 7) is 0.619. The predicted molar refractivity (Wildman–Crippen MR) is 121 cm³/mol. The minimum atomic E-state index is -1.07. The minimum Gasteiger partial charge on any atom is -0.497 e. The SMILES string of the molecule is COc1ccc(CNc2cc3c(cn2)NC=NC3(N)c2ccc(Br)c(Cl)c2)cc1. The molecule has 2 heterocycles. The molecule has 1 aliphatic rings. The molecule has 148 valence electrons. The molecule has 0 bridgehead atoms. The number of rotatable bonds is 5. The largest absolute Gasteiger partial charge is 0.497 e. The highest BCUT2D eigenvalue weighted by molar-refractivity contribution is 9.10. The Morgan fingerprint density at radius 2 is 2.00 bits per heavy atom. The number of benzene rings is 2. The van der Waals surface area contributed by atoms with Gasteiger partial charge in [0.25, 0.3) is 0 Å². The molecular formula is C21H19BrClN5O. The van der Waals surface area contributed by atoms with E-state index in [-0.39, 0.29) is 0 Å². The first-order valence-corrected chi connectivity index (χ1v) is 10.1. The number of fused-ring (bicyclic) bond motifs is 1. The smallest absolute Gasteiger partial charge is 0.163 e. The fourth-order valence-corrected chi connectivity index (χ4v) is 3.58. The molecule has 4 N–H and O–H groups in total. The van der Waals surface area contributed by atoms with Crippen LogP contribution in [0.25, 0.3) is 0 Å². The maximum atomic E-state index is 6.74. The van der Waals surface area contributed by atoms with Gasteiger partial charge in [-0.05, 0) is 51.8 Å². The molecule has 0 aliphatic carbocycles. The highest BCUT2D eigenvalue weighted by atomic mass is 79.9. The fraction of sp³-hybridized carbons (Fsp3) is 0.143. The van der Waals surface area contributed by atoms with Crippen LogP contribution in [0.3, 0.4) is 0 Å². The van der Waals surface area contributed by atoms with Crippen LogP contribution in [0.4, 0.5) is 11.5 Å². The first kappa shape index (κ1) is 19.7. The van der Waals surface area contributed by atoms with Crippen LogP contribution < -0.4 is 21.1 Å². The second-order valence-electron chi connectivity index (χ2n) is 6.61. The second-order valence-corrected chi connectivity index (χ2v) is 7.88. The van der Waals surface area contributed by atoms with Crippen molar-refractivity contribution in [2.75, 3.05) is 17.7 Å². The lowest BCUT2D eigenvalue weighted by molar-refractivity contribution is 0.414. The molecule has 3 aromatic rings. The van der Waals surface area contributed by atoms with Gasteiger partial charge in [-0.25, -0.2) is 9.98 Å². The lowest BCUT2D eigenvalue weighted by Crippen LogP contribution is -2.39. The van der Waals surface area contributed by atoms with Crippen LogP contribution in [-0.4, -0.2) is 18.4 Å². The van der Waals surface area contributed by atoms with Gasteiger partial charge in [-0.2, -0.15) is 0 Å². The summed E-state index contributed by atoms with van der Waals surface area (Å²) in [4.78, 5) is 9.00. The zero-order chi connectivity index (χ0) is 20.4. The molecule has 2 aromatic carbocycles. The van der Waals surface area contributed by atoms with Crippen molar-refractivity contribution >= 4 is 45.4 Å². The third kappa shape index (κ3) is 3.94. The molecule has 4 rings (SSSR count). The summed E-state index contributed by atoms with van der Waals surface area (Å²) in [5, 5.41) is 7.02. The van der Waals surface area contributed by atoms with Crippen molar-refractivity contribution in [3.8, 4) is 5.75 Å². The van der Waals surface area contributed by atoms with Gasteiger partial charge in [0.2, 0.25) is 0 Å². The Labute approximate surface area is 182 Å². The van der Waals surface area contributed by atoms with E-state index in [1.165, 1.54) is 0 Å². The molecule has 6 nitrogen and oxygen atoms in total. The van der Waals surface area contributed by atoms with Gasteiger partial charge in [0.05, 0.1) is 30.4 Å². The number of nitrogens with one attached hydrogen (secondary N) is 2. The van der Waals surface area contributed by atoms with Crippen molar-refractivity contribution in [2.24, 2.45) is 10.7 Å². The molecular weight excluding hydrogens is 454 g/mol. The van der Waals surface area contributed by atoms with E-state index < -0.39 is 5.66 Å². The Kier molecular flexibility index (Phi) is 5.45. The van der Waals surface area contributed by atoms with Gasteiger partial charge in [0.1, 0.15) is 11.6 Å². The average Bonchev–Trinajstić information content (AvgIpc) is 2.75. The van der Waals surface area contributed by atoms with Gasteiger partial charge < -0.3 is 15.4 Å². The molecule has 0 amide bonds.